The van der Waals surface area contributed by atoms with Crippen molar-refractivity contribution < 1.29 is 37.3 Å². The molecule has 3 rings (SSSR count). The number of carboxylic acid groups (broad SMARTS) is 1. The number of likely N-dealkylation sites (tertiary alicyclic amines) is 1. The maximum Gasteiger partial charge on any atom is 0.490 e. The third kappa shape index (κ3) is 7.48. The molecule has 1 aromatic rings. The van der Waals surface area contributed by atoms with Crippen molar-refractivity contribution in [3.8, 4) is 0 Å². The van der Waals surface area contributed by atoms with Gasteiger partial charge in [-0.05, 0) is 25.0 Å². The number of alkyl halides is 3. The van der Waals surface area contributed by atoms with E-state index in [1.807, 2.05) is 0 Å². The van der Waals surface area contributed by atoms with Crippen molar-refractivity contribution in [1.82, 2.24) is 10.2 Å². The number of fused-ring (bicyclic) bond motifs is 1. The largest absolute Gasteiger partial charge is 0.490 e. The minimum absolute atomic E-state index is 0.0498. The van der Waals surface area contributed by atoms with Crippen LogP contribution in [0.15, 0.2) is 18.2 Å². The Labute approximate surface area is 179 Å². The number of nitrogens with zero attached hydrogens (tertiary/aromatic N) is 1. The summed E-state index contributed by atoms with van der Waals surface area (Å²) >= 11 is 0. The number of carbonyl (C=O) groups excluding carboxylic acids is 1. The SMILES string of the molecule is COCC(=O)NC[C@H]1CO[C@@H]2CN(Cc3cc(C)ccc3C)C[C@H]12.O=C(O)C(F)(F)F. The van der Waals surface area contributed by atoms with Crippen LogP contribution < -0.4 is 5.32 Å². The summed E-state index contributed by atoms with van der Waals surface area (Å²) in [5.41, 5.74) is 4.06. The van der Waals surface area contributed by atoms with Crippen LogP contribution in [0.1, 0.15) is 16.7 Å². The zero-order chi connectivity index (χ0) is 23.2. The van der Waals surface area contributed by atoms with Crippen molar-refractivity contribution in [3.63, 3.8) is 0 Å². The van der Waals surface area contributed by atoms with Crippen molar-refractivity contribution in [1.29, 1.82) is 0 Å². The normalized spacial score (nSPS) is 23.1. The molecule has 2 aliphatic heterocycles. The lowest BCUT2D eigenvalue weighted by atomic mass is 9.93. The lowest BCUT2D eigenvalue weighted by Gasteiger charge is -2.21. The van der Waals surface area contributed by atoms with Crippen LogP contribution in [0.25, 0.3) is 0 Å². The summed E-state index contributed by atoms with van der Waals surface area (Å²) in [5.74, 6) is -1.89. The van der Waals surface area contributed by atoms with Crippen LogP contribution in [0, 0.1) is 25.7 Å². The number of amides is 1. The number of hydrogen-bond donors (Lipinski definition) is 2. The van der Waals surface area contributed by atoms with Crippen LogP contribution in [-0.4, -0.2) is 74.1 Å². The molecule has 0 bridgehead atoms. The third-order valence-electron chi connectivity index (χ3n) is 5.49. The van der Waals surface area contributed by atoms with E-state index in [0.29, 0.717) is 24.5 Å². The van der Waals surface area contributed by atoms with E-state index in [4.69, 9.17) is 19.4 Å². The van der Waals surface area contributed by atoms with Gasteiger partial charge in [0, 0.05) is 45.1 Å². The van der Waals surface area contributed by atoms with Crippen LogP contribution >= 0.6 is 0 Å². The number of ether oxygens (including phenoxy) is 2. The highest BCUT2D eigenvalue weighted by atomic mass is 19.4. The van der Waals surface area contributed by atoms with E-state index < -0.39 is 12.1 Å². The van der Waals surface area contributed by atoms with Crippen LogP contribution in [0.2, 0.25) is 0 Å². The Morgan fingerprint density at radius 3 is 2.58 bits per heavy atom. The first kappa shape index (κ1) is 25.1. The van der Waals surface area contributed by atoms with Gasteiger partial charge in [0.25, 0.3) is 0 Å². The van der Waals surface area contributed by atoms with E-state index in [2.05, 4.69) is 42.3 Å². The molecule has 0 aliphatic carbocycles. The van der Waals surface area contributed by atoms with Crippen molar-refractivity contribution in [3.05, 3.63) is 34.9 Å². The molecule has 0 aromatic heterocycles. The monoisotopic (exact) mass is 446 g/mol. The molecule has 10 heteroatoms. The molecular formula is C21H29F3N2O5. The molecule has 0 saturated carbocycles. The summed E-state index contributed by atoms with van der Waals surface area (Å²) in [6.45, 7) is 8.89. The summed E-state index contributed by atoms with van der Waals surface area (Å²) in [7, 11) is 1.54. The summed E-state index contributed by atoms with van der Waals surface area (Å²) < 4.78 is 42.6. The Kier molecular flexibility index (Phi) is 8.84. The minimum Gasteiger partial charge on any atom is -0.475 e. The van der Waals surface area contributed by atoms with Gasteiger partial charge in [0.2, 0.25) is 5.91 Å². The van der Waals surface area contributed by atoms with Gasteiger partial charge in [-0.25, -0.2) is 4.79 Å². The molecule has 31 heavy (non-hydrogen) atoms. The number of carbonyl (C=O) groups is 2. The molecule has 7 nitrogen and oxygen atoms in total. The lowest BCUT2D eigenvalue weighted by Crippen LogP contribution is -2.35. The van der Waals surface area contributed by atoms with Crippen LogP contribution in [0.4, 0.5) is 13.2 Å². The molecular weight excluding hydrogens is 417 g/mol. The fraction of sp³-hybridized carbons (Fsp3) is 0.619. The van der Waals surface area contributed by atoms with Gasteiger partial charge in [-0.1, -0.05) is 23.8 Å². The van der Waals surface area contributed by atoms with Crippen molar-refractivity contribution >= 4 is 11.9 Å². The first-order valence-electron chi connectivity index (χ1n) is 9.97. The lowest BCUT2D eigenvalue weighted by molar-refractivity contribution is -0.192. The number of halogens is 3. The van der Waals surface area contributed by atoms with E-state index in [1.165, 1.54) is 23.8 Å². The number of aryl methyl sites for hydroxylation is 2. The summed E-state index contributed by atoms with van der Waals surface area (Å²) in [5, 5.41) is 10.1. The van der Waals surface area contributed by atoms with Crippen molar-refractivity contribution in [2.75, 3.05) is 40.0 Å². The van der Waals surface area contributed by atoms with E-state index in [-0.39, 0.29) is 12.5 Å². The highest BCUT2D eigenvalue weighted by molar-refractivity contribution is 5.77. The first-order chi connectivity index (χ1) is 14.5. The zero-order valence-corrected chi connectivity index (χ0v) is 17.9. The van der Waals surface area contributed by atoms with Crippen molar-refractivity contribution in [2.45, 2.75) is 32.7 Å². The number of hydrogen-bond acceptors (Lipinski definition) is 5. The van der Waals surface area contributed by atoms with Gasteiger partial charge in [-0.2, -0.15) is 13.2 Å². The third-order valence-corrected chi connectivity index (χ3v) is 5.49. The number of nitrogens with one attached hydrogen (secondary N) is 1. The van der Waals surface area contributed by atoms with E-state index >= 15 is 0 Å². The van der Waals surface area contributed by atoms with Gasteiger partial charge in [0.05, 0.1) is 12.7 Å². The topological polar surface area (TPSA) is 88.1 Å². The molecule has 0 spiro atoms. The Balaban J connectivity index is 0.000000423. The Hall–Kier alpha value is -2.17. The highest BCUT2D eigenvalue weighted by Crippen LogP contribution is 2.34. The quantitative estimate of drug-likeness (QED) is 0.696. The second kappa shape index (κ2) is 10.9. The Morgan fingerprint density at radius 2 is 1.97 bits per heavy atom. The van der Waals surface area contributed by atoms with Gasteiger partial charge in [0.1, 0.15) is 6.61 Å². The van der Waals surface area contributed by atoms with Crippen LogP contribution in [0.3, 0.4) is 0 Å². The molecule has 174 valence electrons. The standard InChI is InChI=1S/C19H28N2O3.C2HF3O2/c1-13-4-5-14(2)15(6-13)8-21-9-17-16(11-24-18(17)10-21)7-20-19(22)12-23-3;3-2(4,5)1(6)7/h4-6,16-18H,7-12H2,1-3H3,(H,20,22);(H,6,7)/t16-,17+,18+;/m0./s1. The van der Waals surface area contributed by atoms with Gasteiger partial charge in [-0.3, -0.25) is 9.69 Å². The number of rotatable bonds is 6. The predicted molar refractivity (Wildman–Crippen MR) is 106 cm³/mol. The van der Waals surface area contributed by atoms with Gasteiger partial charge in [0.15, 0.2) is 0 Å². The average molecular weight is 446 g/mol. The molecule has 1 aromatic carbocycles. The Morgan fingerprint density at radius 1 is 1.29 bits per heavy atom. The van der Waals surface area contributed by atoms with Crippen LogP contribution in [0.5, 0.6) is 0 Å². The molecule has 2 N–H and O–H groups in total. The molecule has 2 heterocycles. The first-order valence-corrected chi connectivity index (χ1v) is 9.97. The van der Waals surface area contributed by atoms with Gasteiger partial charge < -0.3 is 19.9 Å². The number of benzene rings is 1. The molecule has 2 aliphatic rings. The van der Waals surface area contributed by atoms with Gasteiger partial charge >= 0.3 is 12.1 Å². The number of aliphatic carboxylic acids is 1. The minimum atomic E-state index is -5.08. The zero-order valence-electron chi connectivity index (χ0n) is 17.9. The van der Waals surface area contributed by atoms with Crippen LogP contribution in [-0.2, 0) is 25.6 Å². The summed E-state index contributed by atoms with van der Waals surface area (Å²) in [4.78, 5) is 23.0. The van der Waals surface area contributed by atoms with Gasteiger partial charge in [-0.15, -0.1) is 0 Å². The fourth-order valence-electron chi connectivity index (χ4n) is 3.86. The van der Waals surface area contributed by atoms with E-state index in [1.54, 1.807) is 0 Å². The maximum absolute atomic E-state index is 11.6. The highest BCUT2D eigenvalue weighted by Gasteiger charge is 2.43. The second-order valence-corrected chi connectivity index (χ2v) is 7.96. The molecule has 3 atom stereocenters. The molecule has 2 saturated heterocycles. The summed E-state index contributed by atoms with van der Waals surface area (Å²) in [6, 6.07) is 6.65. The van der Waals surface area contributed by atoms with E-state index in [9.17, 15) is 18.0 Å². The molecule has 0 radical (unpaired) electrons. The molecule has 2 fully saturated rings. The number of carboxylic acids is 1. The fourth-order valence-corrected chi connectivity index (χ4v) is 3.86. The summed E-state index contributed by atoms with van der Waals surface area (Å²) in [6.07, 6.45) is -4.78. The average Bonchev–Trinajstić information content (AvgIpc) is 3.23. The number of methoxy groups -OCH3 is 1. The second-order valence-electron chi connectivity index (χ2n) is 7.96. The smallest absolute Gasteiger partial charge is 0.475 e. The maximum atomic E-state index is 11.6. The molecule has 0 unspecified atom stereocenters. The molecule has 1 amide bonds. The van der Waals surface area contributed by atoms with E-state index in [0.717, 1.165) is 26.2 Å². The Bertz CT molecular complexity index is 772. The predicted octanol–water partition coefficient (Wildman–Crippen LogP) is 2.15. The van der Waals surface area contributed by atoms with Crippen molar-refractivity contribution in [2.24, 2.45) is 11.8 Å².